The Morgan fingerprint density at radius 3 is 2.65 bits per heavy atom. The molecule has 2 N–H and O–H groups in total. The van der Waals surface area contributed by atoms with Crippen molar-refractivity contribution in [1.82, 2.24) is 9.62 Å². The van der Waals surface area contributed by atoms with Gasteiger partial charge in [-0.1, -0.05) is 0 Å². The SMILES string of the molecule is CC(=O)Nc1cc(S(=O)(=O)N2CCNC(C)C2C)ccc1F.Cl. The molecule has 0 spiro atoms. The minimum absolute atomic E-state index is 0. The Balaban J connectivity index is 0.00000264. The largest absolute Gasteiger partial charge is 0.324 e. The molecule has 2 unspecified atom stereocenters. The molecule has 0 bridgehead atoms. The number of anilines is 1. The first-order valence-electron chi connectivity index (χ1n) is 7.06. The molecule has 6 nitrogen and oxygen atoms in total. The minimum atomic E-state index is -3.74. The predicted molar refractivity (Wildman–Crippen MR) is 88.8 cm³/mol. The number of amides is 1. The van der Waals surface area contributed by atoms with Gasteiger partial charge < -0.3 is 10.6 Å². The highest BCUT2D eigenvalue weighted by Gasteiger charge is 2.34. The second-order valence-corrected chi connectivity index (χ2v) is 7.31. The van der Waals surface area contributed by atoms with Gasteiger partial charge in [-0.05, 0) is 32.0 Å². The zero-order valence-electron chi connectivity index (χ0n) is 13.2. The van der Waals surface area contributed by atoms with Crippen molar-refractivity contribution < 1.29 is 17.6 Å². The van der Waals surface area contributed by atoms with Crippen molar-refractivity contribution >= 4 is 34.0 Å². The summed E-state index contributed by atoms with van der Waals surface area (Å²) in [6.45, 7) is 5.89. The molecule has 9 heteroatoms. The van der Waals surface area contributed by atoms with Crippen molar-refractivity contribution in [2.75, 3.05) is 18.4 Å². The van der Waals surface area contributed by atoms with Crippen LogP contribution in [0.2, 0.25) is 0 Å². The van der Waals surface area contributed by atoms with Crippen LogP contribution in [0.5, 0.6) is 0 Å². The van der Waals surface area contributed by atoms with Crippen LogP contribution in [-0.4, -0.2) is 43.8 Å². The van der Waals surface area contributed by atoms with Crippen LogP contribution in [0.4, 0.5) is 10.1 Å². The molecule has 1 amide bonds. The Kier molecular flexibility index (Phi) is 6.52. The van der Waals surface area contributed by atoms with Crippen molar-refractivity contribution in [1.29, 1.82) is 0 Å². The van der Waals surface area contributed by atoms with E-state index in [0.717, 1.165) is 12.1 Å². The standard InChI is InChI=1S/C14H20FN3O3S.ClH/c1-9-10(2)18(7-6-16-9)22(20,21)12-4-5-13(15)14(8-12)17-11(3)19;/h4-5,8-10,16H,6-7H2,1-3H3,(H,17,19);1H. The van der Waals surface area contributed by atoms with Gasteiger partial charge >= 0.3 is 0 Å². The predicted octanol–water partition coefficient (Wildman–Crippen LogP) is 1.58. The number of nitrogens with one attached hydrogen (secondary N) is 2. The summed E-state index contributed by atoms with van der Waals surface area (Å²) >= 11 is 0. The summed E-state index contributed by atoms with van der Waals surface area (Å²) in [5.41, 5.74) is -0.135. The number of carbonyl (C=O) groups excluding carboxylic acids is 1. The first kappa shape index (κ1) is 19.8. The third-order valence-corrected chi connectivity index (χ3v) is 5.81. The van der Waals surface area contributed by atoms with E-state index in [-0.39, 0.29) is 35.1 Å². The summed E-state index contributed by atoms with van der Waals surface area (Å²) in [7, 11) is -3.74. The van der Waals surface area contributed by atoms with Crippen LogP contribution >= 0.6 is 12.4 Å². The van der Waals surface area contributed by atoms with E-state index in [9.17, 15) is 17.6 Å². The van der Waals surface area contributed by atoms with Crippen LogP contribution in [0, 0.1) is 5.82 Å². The topological polar surface area (TPSA) is 78.5 Å². The van der Waals surface area contributed by atoms with Gasteiger partial charge in [0.25, 0.3) is 0 Å². The number of carbonyl (C=O) groups is 1. The average Bonchev–Trinajstić information content (AvgIpc) is 2.43. The molecule has 130 valence electrons. The molecule has 0 aliphatic carbocycles. The number of rotatable bonds is 3. The van der Waals surface area contributed by atoms with Crippen LogP contribution in [-0.2, 0) is 14.8 Å². The molecule has 0 radical (unpaired) electrons. The molecule has 1 aromatic carbocycles. The van der Waals surface area contributed by atoms with E-state index < -0.39 is 21.7 Å². The van der Waals surface area contributed by atoms with Gasteiger partial charge in [0, 0.05) is 32.1 Å². The zero-order valence-corrected chi connectivity index (χ0v) is 14.8. The fraction of sp³-hybridized carbons (Fsp3) is 0.500. The molecule has 1 aliphatic rings. The van der Waals surface area contributed by atoms with Crippen molar-refractivity contribution in [2.45, 2.75) is 37.8 Å². The Labute approximate surface area is 141 Å². The molecule has 1 saturated heterocycles. The summed E-state index contributed by atoms with van der Waals surface area (Å²) < 4.78 is 40.6. The van der Waals surface area contributed by atoms with E-state index >= 15 is 0 Å². The van der Waals surface area contributed by atoms with Crippen LogP contribution in [0.15, 0.2) is 23.1 Å². The third-order valence-electron chi connectivity index (χ3n) is 3.83. The average molecular weight is 366 g/mol. The number of benzene rings is 1. The molecular formula is C14H21ClFN3O3S. The summed E-state index contributed by atoms with van der Waals surface area (Å²) in [4.78, 5) is 11.0. The number of halogens is 2. The van der Waals surface area contributed by atoms with Gasteiger partial charge in [0.2, 0.25) is 15.9 Å². The van der Waals surface area contributed by atoms with Gasteiger partial charge in [-0.3, -0.25) is 4.79 Å². The van der Waals surface area contributed by atoms with E-state index in [1.165, 1.54) is 17.3 Å². The Morgan fingerprint density at radius 1 is 1.39 bits per heavy atom. The summed E-state index contributed by atoms with van der Waals surface area (Å²) in [5.74, 6) is -1.13. The zero-order chi connectivity index (χ0) is 16.5. The molecular weight excluding hydrogens is 345 g/mol. The lowest BCUT2D eigenvalue weighted by Crippen LogP contribution is -2.57. The van der Waals surface area contributed by atoms with Gasteiger partial charge in [-0.25, -0.2) is 12.8 Å². The lowest BCUT2D eigenvalue weighted by Gasteiger charge is -2.37. The summed E-state index contributed by atoms with van der Waals surface area (Å²) in [5, 5.41) is 5.51. The van der Waals surface area contributed by atoms with E-state index in [1.54, 1.807) is 0 Å². The van der Waals surface area contributed by atoms with Crippen molar-refractivity contribution in [3.63, 3.8) is 0 Å². The van der Waals surface area contributed by atoms with Crippen molar-refractivity contribution in [2.24, 2.45) is 0 Å². The van der Waals surface area contributed by atoms with Gasteiger partial charge in [-0.15, -0.1) is 12.4 Å². The molecule has 1 fully saturated rings. The van der Waals surface area contributed by atoms with Crippen LogP contribution in [0.1, 0.15) is 20.8 Å². The van der Waals surface area contributed by atoms with Gasteiger partial charge in [0.1, 0.15) is 5.82 Å². The van der Waals surface area contributed by atoms with E-state index in [1.807, 2.05) is 13.8 Å². The first-order chi connectivity index (χ1) is 10.2. The Bertz CT molecular complexity index is 684. The van der Waals surface area contributed by atoms with Crippen molar-refractivity contribution in [3.8, 4) is 0 Å². The van der Waals surface area contributed by atoms with Gasteiger partial charge in [0.15, 0.2) is 0 Å². The maximum absolute atomic E-state index is 13.7. The summed E-state index contributed by atoms with van der Waals surface area (Å²) in [6, 6.07) is 3.24. The number of hydrogen-bond acceptors (Lipinski definition) is 4. The molecule has 1 aromatic rings. The highest BCUT2D eigenvalue weighted by atomic mass is 35.5. The number of nitrogens with zero attached hydrogens (tertiary/aromatic N) is 1. The van der Waals surface area contributed by atoms with E-state index in [4.69, 9.17) is 0 Å². The highest BCUT2D eigenvalue weighted by Crippen LogP contribution is 2.25. The van der Waals surface area contributed by atoms with Crippen LogP contribution < -0.4 is 10.6 Å². The number of sulfonamides is 1. The second kappa shape index (κ2) is 7.57. The first-order valence-corrected chi connectivity index (χ1v) is 8.50. The molecule has 1 aliphatic heterocycles. The smallest absolute Gasteiger partial charge is 0.243 e. The molecule has 2 rings (SSSR count). The molecule has 1 heterocycles. The van der Waals surface area contributed by atoms with Crippen molar-refractivity contribution in [3.05, 3.63) is 24.0 Å². The van der Waals surface area contributed by atoms with Gasteiger partial charge in [-0.2, -0.15) is 4.31 Å². The quantitative estimate of drug-likeness (QED) is 0.852. The lowest BCUT2D eigenvalue weighted by molar-refractivity contribution is -0.114. The Hall–Kier alpha value is -1.22. The fourth-order valence-electron chi connectivity index (χ4n) is 2.45. The molecule has 23 heavy (non-hydrogen) atoms. The van der Waals surface area contributed by atoms with Gasteiger partial charge in [0.05, 0.1) is 10.6 Å². The fourth-order valence-corrected chi connectivity index (χ4v) is 4.18. The maximum atomic E-state index is 13.7. The normalized spacial score (nSPS) is 22.3. The van der Waals surface area contributed by atoms with E-state index in [2.05, 4.69) is 10.6 Å². The van der Waals surface area contributed by atoms with E-state index in [0.29, 0.717) is 13.1 Å². The molecule has 0 aromatic heterocycles. The second-order valence-electron chi connectivity index (χ2n) is 5.42. The number of piperazine rings is 1. The lowest BCUT2D eigenvalue weighted by atomic mass is 10.1. The molecule has 2 atom stereocenters. The minimum Gasteiger partial charge on any atom is -0.324 e. The molecule has 0 saturated carbocycles. The van der Waals surface area contributed by atoms with Crippen LogP contribution in [0.3, 0.4) is 0 Å². The third kappa shape index (κ3) is 4.20. The monoisotopic (exact) mass is 365 g/mol. The van der Waals surface area contributed by atoms with Crippen LogP contribution in [0.25, 0.3) is 0 Å². The number of hydrogen-bond donors (Lipinski definition) is 2. The maximum Gasteiger partial charge on any atom is 0.243 e. The highest BCUT2D eigenvalue weighted by molar-refractivity contribution is 7.89. The summed E-state index contributed by atoms with van der Waals surface area (Å²) in [6.07, 6.45) is 0. The Morgan fingerprint density at radius 2 is 2.04 bits per heavy atom.